The van der Waals surface area contributed by atoms with Crippen LogP contribution in [-0.4, -0.2) is 19.7 Å². The maximum Gasteiger partial charge on any atom is 0.416 e. The Morgan fingerprint density at radius 3 is 2.04 bits per heavy atom. The van der Waals surface area contributed by atoms with Crippen LogP contribution in [0.4, 0.5) is 17.6 Å². The van der Waals surface area contributed by atoms with Gasteiger partial charge in [0.2, 0.25) is 0 Å². The lowest BCUT2D eigenvalue weighted by atomic mass is 10.2. The van der Waals surface area contributed by atoms with Crippen molar-refractivity contribution in [1.82, 2.24) is 9.55 Å². The maximum absolute atomic E-state index is 13.4. The molecule has 0 aliphatic rings. The van der Waals surface area contributed by atoms with Gasteiger partial charge < -0.3 is 0 Å². The normalized spacial score (nSPS) is 12.7. The summed E-state index contributed by atoms with van der Waals surface area (Å²) in [5.74, 6) is 0. The van der Waals surface area contributed by atoms with Gasteiger partial charge in [0.15, 0.2) is 0 Å². The fourth-order valence-corrected chi connectivity index (χ4v) is 4.35. The van der Waals surface area contributed by atoms with Crippen molar-refractivity contribution in [3.63, 3.8) is 0 Å². The lowest BCUT2D eigenvalue weighted by molar-refractivity contribution is -0.137. The highest BCUT2D eigenvalue weighted by molar-refractivity contribution is 8.04. The van der Waals surface area contributed by atoms with Crippen molar-refractivity contribution < 1.29 is 17.6 Å². The second kappa shape index (κ2) is 7.32. The molecular weight excluding hydrogens is 454 g/mol. The van der Waals surface area contributed by atoms with Crippen molar-refractivity contribution >= 4 is 69.9 Å². The van der Waals surface area contributed by atoms with Gasteiger partial charge in [0, 0.05) is 0 Å². The Morgan fingerprint density at radius 1 is 1.08 bits per heavy atom. The fourth-order valence-electron chi connectivity index (χ4n) is 1.80. The van der Waals surface area contributed by atoms with Gasteiger partial charge in [0.25, 0.3) is 0 Å². The van der Waals surface area contributed by atoms with E-state index in [1.165, 1.54) is 10.9 Å². The molecule has 0 aliphatic heterocycles. The number of hydrogen-bond donors (Lipinski definition) is 0. The van der Waals surface area contributed by atoms with Crippen LogP contribution in [-0.2, 0) is 6.18 Å². The minimum Gasteiger partial charge on any atom is -0.290 e. The van der Waals surface area contributed by atoms with Gasteiger partial charge in [0.1, 0.15) is 16.4 Å². The van der Waals surface area contributed by atoms with Crippen LogP contribution < -0.4 is 0 Å². The van der Waals surface area contributed by atoms with E-state index in [2.05, 4.69) is 4.98 Å². The summed E-state index contributed by atoms with van der Waals surface area (Å²) in [5.41, 5.74) is -0.894. The predicted octanol–water partition coefficient (Wildman–Crippen LogP) is 7.07. The Hall–Kier alpha value is 0.01000. The average Bonchev–Trinajstić information content (AvgIpc) is 2.77. The van der Waals surface area contributed by atoms with Crippen molar-refractivity contribution in [2.75, 3.05) is 6.26 Å². The third-order valence-corrected chi connectivity index (χ3v) is 5.35. The summed E-state index contributed by atoms with van der Waals surface area (Å²) < 4.78 is 50.5. The van der Waals surface area contributed by atoms with E-state index in [0.29, 0.717) is 16.8 Å². The van der Waals surface area contributed by atoms with Crippen molar-refractivity contribution in [2.45, 2.75) is 20.1 Å². The topological polar surface area (TPSA) is 17.8 Å². The van der Waals surface area contributed by atoms with Crippen molar-refractivity contribution in [2.24, 2.45) is 0 Å². The molecule has 0 saturated carbocycles. The quantitative estimate of drug-likeness (QED) is 0.276. The third-order valence-electron chi connectivity index (χ3n) is 2.68. The molecule has 0 bridgehead atoms. The highest BCUT2D eigenvalue weighted by atomic mass is 35.5. The second-order valence-electron chi connectivity index (χ2n) is 4.26. The fraction of sp³-hybridized carbons (Fsp3) is 0.250. The molecule has 2 rings (SSSR count). The lowest BCUT2D eigenvalue weighted by Gasteiger charge is -2.15. The van der Waals surface area contributed by atoms with E-state index in [0.717, 1.165) is 23.9 Å². The zero-order chi connectivity index (χ0) is 18.3. The van der Waals surface area contributed by atoms with E-state index in [1.54, 1.807) is 6.26 Å². The molecule has 1 aromatic heterocycles. The Morgan fingerprint density at radius 2 is 1.62 bits per heavy atom. The van der Waals surface area contributed by atoms with Gasteiger partial charge in [0.05, 0.1) is 21.3 Å². The van der Waals surface area contributed by atoms with Crippen LogP contribution >= 0.6 is 69.9 Å². The van der Waals surface area contributed by atoms with Gasteiger partial charge in [-0.25, -0.2) is 4.98 Å². The van der Waals surface area contributed by atoms with Crippen molar-refractivity contribution in [3.8, 4) is 5.69 Å². The van der Waals surface area contributed by atoms with Crippen LogP contribution in [0.25, 0.3) is 5.69 Å². The van der Waals surface area contributed by atoms with Gasteiger partial charge in [-0.1, -0.05) is 46.4 Å². The van der Waals surface area contributed by atoms with Gasteiger partial charge >= 0.3 is 10.1 Å². The molecule has 2 aromatic rings. The molecule has 132 valence electrons. The summed E-state index contributed by atoms with van der Waals surface area (Å²) in [6.07, 6.45) is -1.69. The number of imidazole rings is 1. The standard InChI is InChI=1S/C12H6Cl4F4N2S2/c1-23-10-9(24-12(15,16)20)21-4-22(10)8-6(13)2-5(3-7(8)14)11(17,18)19/h2-4H,1H3. The molecule has 24 heavy (non-hydrogen) atoms. The first-order chi connectivity index (χ1) is 10.9. The summed E-state index contributed by atoms with van der Waals surface area (Å²) in [6.45, 7) is 0. The SMILES string of the molecule is CSc1c(SC(F)(Cl)Cl)ncn1-c1c(Cl)cc(C(F)(F)F)cc1Cl. The highest BCUT2D eigenvalue weighted by Gasteiger charge is 2.33. The van der Waals surface area contributed by atoms with Crippen LogP contribution in [0.3, 0.4) is 0 Å². The van der Waals surface area contributed by atoms with Crippen LogP contribution in [0.1, 0.15) is 5.56 Å². The van der Waals surface area contributed by atoms with E-state index >= 15 is 0 Å². The van der Waals surface area contributed by atoms with E-state index in [4.69, 9.17) is 46.4 Å². The lowest BCUT2D eigenvalue weighted by Crippen LogP contribution is -2.07. The van der Waals surface area contributed by atoms with E-state index < -0.39 is 15.7 Å². The van der Waals surface area contributed by atoms with E-state index in [-0.39, 0.29) is 20.8 Å². The van der Waals surface area contributed by atoms with Crippen LogP contribution in [0.2, 0.25) is 10.0 Å². The largest absolute Gasteiger partial charge is 0.416 e. The first-order valence-corrected chi connectivity index (χ1v) is 9.43. The summed E-state index contributed by atoms with van der Waals surface area (Å²) in [6, 6.07) is 1.50. The molecule has 0 amide bonds. The molecule has 0 atom stereocenters. The summed E-state index contributed by atoms with van der Waals surface area (Å²) >= 11 is 24.1. The average molecular weight is 460 g/mol. The monoisotopic (exact) mass is 458 g/mol. The van der Waals surface area contributed by atoms with Crippen molar-refractivity contribution in [3.05, 3.63) is 34.1 Å². The van der Waals surface area contributed by atoms with E-state index in [1.807, 2.05) is 0 Å². The molecule has 0 N–H and O–H groups in total. The van der Waals surface area contributed by atoms with Crippen LogP contribution in [0.15, 0.2) is 28.5 Å². The zero-order valence-electron chi connectivity index (χ0n) is 11.5. The predicted molar refractivity (Wildman–Crippen MR) is 91.8 cm³/mol. The highest BCUT2D eigenvalue weighted by Crippen LogP contribution is 2.45. The molecule has 12 heteroatoms. The summed E-state index contributed by atoms with van der Waals surface area (Å²) in [5, 5.41) is 0.0404. The summed E-state index contributed by atoms with van der Waals surface area (Å²) in [4.78, 5) is 3.96. The van der Waals surface area contributed by atoms with E-state index in [9.17, 15) is 17.6 Å². The van der Waals surface area contributed by atoms with Gasteiger partial charge in [-0.3, -0.25) is 4.57 Å². The molecular formula is C12H6Cl4F4N2S2. The summed E-state index contributed by atoms with van der Waals surface area (Å²) in [7, 11) is 0. The number of nitrogens with zero attached hydrogens (tertiary/aromatic N) is 2. The Balaban J connectivity index is 2.57. The Labute approximate surface area is 162 Å². The molecule has 0 fully saturated rings. The minimum atomic E-state index is -4.59. The molecule has 0 aliphatic carbocycles. The smallest absolute Gasteiger partial charge is 0.290 e. The number of aromatic nitrogens is 2. The zero-order valence-corrected chi connectivity index (χ0v) is 16.1. The van der Waals surface area contributed by atoms with Gasteiger partial charge in [-0.2, -0.15) is 17.6 Å². The maximum atomic E-state index is 13.4. The number of thioether (sulfide) groups is 2. The molecule has 0 saturated heterocycles. The molecule has 0 unspecified atom stereocenters. The Kier molecular flexibility index (Phi) is 6.20. The molecule has 0 radical (unpaired) electrons. The molecule has 0 spiro atoms. The number of alkyl halides is 6. The van der Waals surface area contributed by atoms with Crippen LogP contribution in [0, 0.1) is 0 Å². The Bertz CT molecular complexity index is 735. The third kappa shape index (κ3) is 4.59. The van der Waals surface area contributed by atoms with Gasteiger partial charge in [-0.05, 0) is 30.2 Å². The molecule has 1 aromatic carbocycles. The number of hydrogen-bond acceptors (Lipinski definition) is 3. The minimum absolute atomic E-state index is 0.0867. The number of benzene rings is 1. The first kappa shape index (κ1) is 20.3. The van der Waals surface area contributed by atoms with Crippen LogP contribution in [0.5, 0.6) is 0 Å². The molecule has 2 nitrogen and oxygen atoms in total. The second-order valence-corrected chi connectivity index (χ2v) is 8.71. The number of halogens is 8. The first-order valence-electron chi connectivity index (χ1n) is 5.87. The number of rotatable bonds is 4. The van der Waals surface area contributed by atoms with Gasteiger partial charge in [-0.15, -0.1) is 11.8 Å². The van der Waals surface area contributed by atoms with Crippen molar-refractivity contribution in [1.29, 1.82) is 0 Å². The molecule has 1 heterocycles.